The van der Waals surface area contributed by atoms with Gasteiger partial charge in [-0.1, -0.05) is 11.6 Å². The highest BCUT2D eigenvalue weighted by atomic mass is 35.5. The molecule has 1 amide bonds. The fraction of sp³-hybridized carbons (Fsp3) is 0.300. The molecule has 0 unspecified atom stereocenters. The summed E-state index contributed by atoms with van der Waals surface area (Å²) in [5, 5.41) is 0.619. The van der Waals surface area contributed by atoms with Gasteiger partial charge in [0.15, 0.2) is 5.58 Å². The Bertz CT molecular complexity index is 1050. The molecule has 6 nitrogen and oxygen atoms in total. The molecule has 1 aliphatic rings. The number of aromatic nitrogens is 1. The molecule has 2 heterocycles. The molecule has 3 aromatic rings. The Labute approximate surface area is 172 Å². The zero-order chi connectivity index (χ0) is 19.7. The second-order valence-electron chi connectivity index (χ2n) is 6.69. The summed E-state index contributed by atoms with van der Waals surface area (Å²) in [6.45, 7) is 3.49. The quantitative estimate of drug-likeness (QED) is 0.599. The Morgan fingerprint density at radius 3 is 2.54 bits per heavy atom. The normalized spacial score (nSPS) is 15.1. The predicted molar refractivity (Wildman–Crippen MR) is 111 cm³/mol. The summed E-state index contributed by atoms with van der Waals surface area (Å²) in [4.78, 5) is 17.3. The third-order valence-corrected chi connectivity index (χ3v) is 5.51. The lowest BCUT2D eigenvalue weighted by molar-refractivity contribution is 0.0594. The Hall–Kier alpha value is -2.35. The molecule has 1 fully saturated rings. The van der Waals surface area contributed by atoms with Crippen LogP contribution >= 0.6 is 23.8 Å². The van der Waals surface area contributed by atoms with Crippen molar-refractivity contribution >= 4 is 40.8 Å². The van der Waals surface area contributed by atoms with Gasteiger partial charge in [-0.05, 0) is 48.6 Å². The van der Waals surface area contributed by atoms with Crippen LogP contribution in [0.1, 0.15) is 10.4 Å². The number of nitrogens with zero attached hydrogens (tertiary/aromatic N) is 3. The summed E-state index contributed by atoms with van der Waals surface area (Å²) in [6.07, 6.45) is 0. The predicted octanol–water partition coefficient (Wildman–Crippen LogP) is 4.04. The van der Waals surface area contributed by atoms with Gasteiger partial charge in [-0.3, -0.25) is 14.3 Å². The summed E-state index contributed by atoms with van der Waals surface area (Å²) in [7, 11) is 1.61. The number of halogens is 1. The fourth-order valence-corrected chi connectivity index (χ4v) is 3.79. The van der Waals surface area contributed by atoms with Gasteiger partial charge >= 0.3 is 0 Å². The number of fused-ring (bicyclic) bond motifs is 1. The van der Waals surface area contributed by atoms with Crippen molar-refractivity contribution in [2.45, 2.75) is 6.67 Å². The molecular formula is C20H20ClN3O3S. The van der Waals surface area contributed by atoms with Crippen LogP contribution in [0.15, 0.2) is 46.9 Å². The van der Waals surface area contributed by atoms with E-state index in [1.54, 1.807) is 25.3 Å². The minimum Gasteiger partial charge on any atom is -0.497 e. The Morgan fingerprint density at radius 1 is 1.14 bits per heavy atom. The maximum atomic E-state index is 12.7. The average molecular weight is 418 g/mol. The minimum atomic E-state index is 0.0438. The lowest BCUT2D eigenvalue weighted by Crippen LogP contribution is -2.48. The van der Waals surface area contributed by atoms with Crippen LogP contribution in [0.2, 0.25) is 5.02 Å². The van der Waals surface area contributed by atoms with Gasteiger partial charge in [0.1, 0.15) is 5.75 Å². The van der Waals surface area contributed by atoms with Crippen molar-refractivity contribution in [3.05, 3.63) is 57.9 Å². The summed E-state index contributed by atoms with van der Waals surface area (Å²) in [5.74, 6) is 0.786. The third kappa shape index (κ3) is 3.78. The van der Waals surface area contributed by atoms with Crippen molar-refractivity contribution < 1.29 is 13.9 Å². The lowest BCUT2D eigenvalue weighted by Gasteiger charge is -2.34. The standard InChI is InChI=1S/C20H20ClN3O3S/c1-26-16-5-2-14(3-6-16)19(25)23-10-8-22(9-11-23)13-24-17-7-4-15(21)12-18(17)27-20(24)28/h2-7,12H,8-11,13H2,1H3. The van der Waals surface area contributed by atoms with Crippen LogP contribution in [0.5, 0.6) is 5.75 Å². The van der Waals surface area contributed by atoms with Crippen LogP contribution in [-0.4, -0.2) is 53.6 Å². The van der Waals surface area contributed by atoms with Crippen LogP contribution < -0.4 is 4.74 Å². The number of carbonyl (C=O) groups is 1. The molecule has 0 spiro atoms. The maximum Gasteiger partial charge on any atom is 0.270 e. The molecule has 8 heteroatoms. The zero-order valence-electron chi connectivity index (χ0n) is 15.4. The smallest absolute Gasteiger partial charge is 0.270 e. The van der Waals surface area contributed by atoms with E-state index in [-0.39, 0.29) is 5.91 Å². The van der Waals surface area contributed by atoms with Crippen molar-refractivity contribution in [2.24, 2.45) is 0 Å². The Morgan fingerprint density at radius 2 is 1.86 bits per heavy atom. The topological polar surface area (TPSA) is 50.9 Å². The first-order valence-electron chi connectivity index (χ1n) is 9.00. The van der Waals surface area contributed by atoms with Crippen LogP contribution in [0, 0.1) is 4.84 Å². The van der Waals surface area contributed by atoms with Gasteiger partial charge < -0.3 is 14.1 Å². The third-order valence-electron chi connectivity index (χ3n) is 4.97. The SMILES string of the molecule is COc1ccc(C(=O)N2CCN(Cn3c(=S)oc4cc(Cl)ccc43)CC2)cc1. The highest BCUT2D eigenvalue weighted by molar-refractivity contribution is 7.71. The van der Waals surface area contributed by atoms with Crippen LogP contribution in [0.3, 0.4) is 0 Å². The molecule has 1 saturated heterocycles. The Balaban J connectivity index is 1.41. The first-order chi connectivity index (χ1) is 13.5. The molecule has 2 aromatic carbocycles. The highest BCUT2D eigenvalue weighted by Gasteiger charge is 2.23. The van der Waals surface area contributed by atoms with Crippen molar-refractivity contribution in [3.63, 3.8) is 0 Å². The maximum absolute atomic E-state index is 12.7. The molecule has 0 atom stereocenters. The van der Waals surface area contributed by atoms with Gasteiger partial charge in [-0.15, -0.1) is 0 Å². The number of carbonyl (C=O) groups excluding carboxylic acids is 1. The number of rotatable bonds is 4. The van der Waals surface area contributed by atoms with Crippen molar-refractivity contribution in [3.8, 4) is 5.75 Å². The monoisotopic (exact) mass is 417 g/mol. The molecule has 146 valence electrons. The van der Waals surface area contributed by atoms with Gasteiger partial charge in [0, 0.05) is 42.8 Å². The van der Waals surface area contributed by atoms with E-state index in [2.05, 4.69) is 4.90 Å². The second-order valence-corrected chi connectivity index (χ2v) is 7.47. The van der Waals surface area contributed by atoms with E-state index in [9.17, 15) is 4.79 Å². The lowest BCUT2D eigenvalue weighted by atomic mass is 10.1. The molecule has 1 aliphatic heterocycles. The number of methoxy groups -OCH3 is 1. The largest absolute Gasteiger partial charge is 0.497 e. The van der Waals surface area contributed by atoms with Crippen LogP contribution in [0.25, 0.3) is 11.1 Å². The summed E-state index contributed by atoms with van der Waals surface area (Å²) >= 11 is 11.4. The molecule has 1 aromatic heterocycles. The number of amides is 1. The van der Waals surface area contributed by atoms with E-state index >= 15 is 0 Å². The first kappa shape index (κ1) is 19.0. The van der Waals surface area contributed by atoms with Gasteiger partial charge in [-0.2, -0.15) is 0 Å². The second kappa shape index (κ2) is 7.95. The van der Waals surface area contributed by atoms with Crippen molar-refractivity contribution in [1.29, 1.82) is 0 Å². The summed E-state index contributed by atoms with van der Waals surface area (Å²) in [6, 6.07) is 12.7. The van der Waals surface area contributed by atoms with Crippen molar-refractivity contribution in [1.82, 2.24) is 14.4 Å². The molecular weight excluding hydrogens is 398 g/mol. The van der Waals surface area contributed by atoms with Crippen molar-refractivity contribution in [2.75, 3.05) is 33.3 Å². The number of oxazole rings is 1. The number of ether oxygens (including phenoxy) is 1. The molecule has 0 radical (unpaired) electrons. The number of hydrogen-bond donors (Lipinski definition) is 0. The molecule has 4 rings (SSSR count). The van der Waals surface area contributed by atoms with E-state index in [4.69, 9.17) is 33.0 Å². The first-order valence-corrected chi connectivity index (χ1v) is 9.78. The van der Waals surface area contributed by atoms with Gasteiger partial charge in [-0.25, -0.2) is 0 Å². The molecule has 0 N–H and O–H groups in total. The van der Waals surface area contributed by atoms with E-state index in [0.29, 0.717) is 40.8 Å². The van der Waals surface area contributed by atoms with Gasteiger partial charge in [0.25, 0.3) is 10.7 Å². The fourth-order valence-electron chi connectivity index (χ4n) is 3.38. The number of hydrogen-bond acceptors (Lipinski definition) is 5. The highest BCUT2D eigenvalue weighted by Crippen LogP contribution is 2.22. The molecule has 0 aliphatic carbocycles. The van der Waals surface area contributed by atoms with Gasteiger partial charge in [0.2, 0.25) is 0 Å². The van der Waals surface area contributed by atoms with E-state index in [0.717, 1.165) is 24.4 Å². The Kier molecular flexibility index (Phi) is 5.39. The molecule has 28 heavy (non-hydrogen) atoms. The van der Waals surface area contributed by atoms with Gasteiger partial charge in [0.05, 0.1) is 19.3 Å². The molecule has 0 saturated carbocycles. The number of benzene rings is 2. The average Bonchev–Trinajstić information content (AvgIpc) is 3.02. The zero-order valence-corrected chi connectivity index (χ0v) is 17.0. The van der Waals surface area contributed by atoms with Crippen LogP contribution in [0.4, 0.5) is 0 Å². The summed E-state index contributed by atoms with van der Waals surface area (Å²) < 4.78 is 12.8. The molecule has 0 bridgehead atoms. The summed E-state index contributed by atoms with van der Waals surface area (Å²) in [5.41, 5.74) is 2.28. The number of piperazine rings is 1. The van der Waals surface area contributed by atoms with E-state index in [1.165, 1.54) is 0 Å². The van der Waals surface area contributed by atoms with E-state index < -0.39 is 0 Å². The minimum absolute atomic E-state index is 0.0438. The van der Waals surface area contributed by atoms with E-state index in [1.807, 2.05) is 33.7 Å². The van der Waals surface area contributed by atoms with Crippen LogP contribution in [-0.2, 0) is 6.67 Å².